The van der Waals surface area contributed by atoms with Gasteiger partial charge in [0, 0.05) is 30.6 Å². The molecule has 2 amide bonds. The third kappa shape index (κ3) is 8.12. The minimum atomic E-state index is -4.66. The quantitative estimate of drug-likeness (QED) is 0.412. The van der Waals surface area contributed by atoms with Gasteiger partial charge in [-0.1, -0.05) is 20.8 Å². The van der Waals surface area contributed by atoms with Crippen molar-refractivity contribution in [1.82, 2.24) is 9.47 Å². The molecule has 3 heterocycles. The number of benzene rings is 1. The summed E-state index contributed by atoms with van der Waals surface area (Å²) in [6.07, 6.45) is -1.49. The van der Waals surface area contributed by atoms with Gasteiger partial charge in [0.2, 0.25) is 0 Å². The van der Waals surface area contributed by atoms with E-state index in [1.165, 1.54) is 16.2 Å². The van der Waals surface area contributed by atoms with Crippen LogP contribution in [0.4, 0.5) is 18.0 Å². The molecule has 2 aromatic rings. The first kappa shape index (κ1) is 31.1. The highest BCUT2D eigenvalue weighted by Crippen LogP contribution is 2.34. The molecule has 1 aromatic heterocycles. The summed E-state index contributed by atoms with van der Waals surface area (Å²) in [5.74, 6) is -0.849. The summed E-state index contributed by atoms with van der Waals surface area (Å²) in [7, 11) is 0. The molecule has 2 saturated heterocycles. The van der Waals surface area contributed by atoms with Gasteiger partial charge >= 0.3 is 12.3 Å². The molecule has 1 aromatic carbocycles. The van der Waals surface area contributed by atoms with E-state index < -0.39 is 35.4 Å². The largest absolute Gasteiger partial charge is 0.488 e. The number of alkyl halides is 3. The molecule has 41 heavy (non-hydrogen) atoms. The standard InChI is InChI=1S/C29H38F3N3O5S/c1-27(2,3)23-17-35(15-19-8-7-13-38-19)25(41-23)33-24(36)21-14-18(29(30,31)32)9-10-22(21)39-20-11-12-34(16-20)26(37)40-28(4,5)6/h9-10,14,17,19-20H,7-8,11-13,15-16H2,1-6H3/b33-25-/t19-,20+/m1/s1. The minimum Gasteiger partial charge on any atom is -0.488 e. The Balaban J connectivity index is 1.65. The lowest BCUT2D eigenvalue weighted by molar-refractivity contribution is -0.137. The SMILES string of the molecule is CC(C)(C)OC(=O)N1CC[C@H](Oc2ccc(C(F)(F)F)cc2C(=O)/N=c2\sc(C(C)(C)C)cn2C[C@H]2CCCO2)C1. The van der Waals surface area contributed by atoms with Crippen LogP contribution in [0.2, 0.25) is 0 Å². The van der Waals surface area contributed by atoms with Crippen LogP contribution in [0.3, 0.4) is 0 Å². The number of halogens is 3. The van der Waals surface area contributed by atoms with E-state index in [9.17, 15) is 22.8 Å². The highest BCUT2D eigenvalue weighted by molar-refractivity contribution is 7.09. The molecule has 0 N–H and O–H groups in total. The van der Waals surface area contributed by atoms with Crippen LogP contribution < -0.4 is 9.54 Å². The Hall–Kier alpha value is -2.86. The number of hydrogen-bond donors (Lipinski definition) is 0. The number of carbonyl (C=O) groups is 2. The maximum absolute atomic E-state index is 13.6. The van der Waals surface area contributed by atoms with Crippen molar-refractivity contribution in [2.24, 2.45) is 4.99 Å². The molecule has 226 valence electrons. The van der Waals surface area contributed by atoms with Gasteiger partial charge < -0.3 is 23.7 Å². The second-order valence-corrected chi connectivity index (χ2v) is 13.5. The van der Waals surface area contributed by atoms with Gasteiger partial charge in [0.25, 0.3) is 5.91 Å². The van der Waals surface area contributed by atoms with E-state index in [2.05, 4.69) is 4.99 Å². The smallest absolute Gasteiger partial charge is 0.416 e. The van der Waals surface area contributed by atoms with Crippen molar-refractivity contribution in [3.63, 3.8) is 0 Å². The first-order valence-electron chi connectivity index (χ1n) is 13.8. The molecule has 0 aliphatic carbocycles. The van der Waals surface area contributed by atoms with Crippen LogP contribution in [0, 0.1) is 0 Å². The van der Waals surface area contributed by atoms with E-state index in [1.54, 1.807) is 20.8 Å². The van der Waals surface area contributed by atoms with Gasteiger partial charge in [0.1, 0.15) is 17.5 Å². The third-order valence-corrected chi connectivity index (χ3v) is 8.15. The van der Waals surface area contributed by atoms with Crippen molar-refractivity contribution in [3.8, 4) is 5.75 Å². The summed E-state index contributed by atoms with van der Waals surface area (Å²) in [5.41, 5.74) is -2.14. The Morgan fingerprint density at radius 1 is 1.12 bits per heavy atom. The van der Waals surface area contributed by atoms with Crippen molar-refractivity contribution in [2.75, 3.05) is 19.7 Å². The van der Waals surface area contributed by atoms with Crippen LogP contribution in [0.1, 0.15) is 81.6 Å². The Morgan fingerprint density at radius 3 is 2.46 bits per heavy atom. The van der Waals surface area contributed by atoms with Gasteiger partial charge in [0.15, 0.2) is 4.80 Å². The monoisotopic (exact) mass is 597 g/mol. The number of thiazole rings is 1. The molecule has 2 atom stereocenters. The number of ether oxygens (including phenoxy) is 3. The van der Waals surface area contributed by atoms with Gasteiger partial charge in [-0.25, -0.2) is 4.79 Å². The van der Waals surface area contributed by atoms with Crippen LogP contribution in [0.25, 0.3) is 0 Å². The molecule has 0 spiro atoms. The highest BCUT2D eigenvalue weighted by Gasteiger charge is 2.34. The lowest BCUT2D eigenvalue weighted by Gasteiger charge is -2.24. The van der Waals surface area contributed by atoms with Crippen molar-refractivity contribution in [3.05, 3.63) is 45.2 Å². The number of carbonyl (C=O) groups excluding carboxylic acids is 2. The van der Waals surface area contributed by atoms with Gasteiger partial charge in [-0.05, 0) is 57.2 Å². The molecule has 0 radical (unpaired) electrons. The topological polar surface area (TPSA) is 82.4 Å². The molecule has 12 heteroatoms. The Kier molecular flexibility index (Phi) is 8.94. The van der Waals surface area contributed by atoms with Gasteiger partial charge in [-0.3, -0.25) is 4.79 Å². The number of hydrogen-bond acceptors (Lipinski definition) is 6. The molecule has 2 aliphatic heterocycles. The second-order valence-electron chi connectivity index (χ2n) is 12.5. The number of aromatic nitrogens is 1. The number of amides is 2. The van der Waals surface area contributed by atoms with Gasteiger partial charge in [-0.15, -0.1) is 11.3 Å². The van der Waals surface area contributed by atoms with E-state index >= 15 is 0 Å². The second kappa shape index (κ2) is 11.8. The maximum atomic E-state index is 13.6. The first-order chi connectivity index (χ1) is 19.0. The van der Waals surface area contributed by atoms with Crippen LogP contribution in [-0.4, -0.2) is 59.0 Å². The maximum Gasteiger partial charge on any atom is 0.416 e. The van der Waals surface area contributed by atoms with Crippen molar-refractivity contribution in [2.45, 2.75) is 96.7 Å². The summed E-state index contributed by atoms with van der Waals surface area (Å²) in [6, 6.07) is 2.81. The Morgan fingerprint density at radius 2 is 1.85 bits per heavy atom. The molecule has 4 rings (SSSR count). The average Bonchev–Trinajstić information content (AvgIpc) is 3.60. The van der Waals surface area contributed by atoms with E-state index in [0.717, 1.165) is 35.9 Å². The summed E-state index contributed by atoms with van der Waals surface area (Å²) < 4.78 is 60.0. The summed E-state index contributed by atoms with van der Waals surface area (Å²) in [5, 5.41) is 0. The predicted octanol–water partition coefficient (Wildman–Crippen LogP) is 6.17. The van der Waals surface area contributed by atoms with E-state index in [4.69, 9.17) is 14.2 Å². The zero-order valence-corrected chi connectivity index (χ0v) is 25.2. The Labute approximate surface area is 242 Å². The molecule has 0 unspecified atom stereocenters. The van der Waals surface area contributed by atoms with E-state index in [0.29, 0.717) is 30.9 Å². The lowest BCUT2D eigenvalue weighted by atomic mass is 9.95. The summed E-state index contributed by atoms with van der Waals surface area (Å²) in [4.78, 5) is 33.1. The molecule has 2 aliphatic rings. The molecule has 0 saturated carbocycles. The molecular formula is C29H38F3N3O5S. The normalized spacial score (nSPS) is 20.5. The zero-order valence-electron chi connectivity index (χ0n) is 24.3. The molecule has 0 bridgehead atoms. The highest BCUT2D eigenvalue weighted by atomic mass is 32.1. The lowest BCUT2D eigenvalue weighted by Crippen LogP contribution is -2.36. The first-order valence-corrected chi connectivity index (χ1v) is 14.6. The van der Waals surface area contributed by atoms with Crippen molar-refractivity contribution in [1.29, 1.82) is 0 Å². The fourth-order valence-electron chi connectivity index (χ4n) is 4.57. The average molecular weight is 598 g/mol. The molecular weight excluding hydrogens is 559 g/mol. The number of nitrogens with zero attached hydrogens (tertiary/aromatic N) is 3. The summed E-state index contributed by atoms with van der Waals surface area (Å²) in [6.45, 7) is 13.1. The number of likely N-dealkylation sites (tertiary alicyclic amines) is 1. The third-order valence-electron chi connectivity index (χ3n) is 6.71. The number of rotatable bonds is 5. The van der Waals surface area contributed by atoms with Crippen LogP contribution in [-0.2, 0) is 27.6 Å². The van der Waals surface area contributed by atoms with Gasteiger partial charge in [0.05, 0.1) is 30.3 Å². The predicted molar refractivity (Wildman–Crippen MR) is 148 cm³/mol. The van der Waals surface area contributed by atoms with E-state index in [-0.39, 0.29) is 29.4 Å². The van der Waals surface area contributed by atoms with Crippen molar-refractivity contribution >= 4 is 23.3 Å². The Bertz CT molecular complexity index is 1330. The molecule has 8 nitrogen and oxygen atoms in total. The molecule has 2 fully saturated rings. The van der Waals surface area contributed by atoms with Crippen molar-refractivity contribution < 1.29 is 37.0 Å². The van der Waals surface area contributed by atoms with Crippen LogP contribution in [0.5, 0.6) is 5.75 Å². The summed E-state index contributed by atoms with van der Waals surface area (Å²) >= 11 is 1.33. The van der Waals surface area contributed by atoms with Crippen LogP contribution >= 0.6 is 11.3 Å². The van der Waals surface area contributed by atoms with E-state index in [1.807, 2.05) is 31.5 Å². The van der Waals surface area contributed by atoms with Gasteiger partial charge in [-0.2, -0.15) is 18.2 Å². The fraction of sp³-hybridized carbons (Fsp3) is 0.621. The zero-order chi connectivity index (χ0) is 30.2. The minimum absolute atomic E-state index is 0.0129. The van der Waals surface area contributed by atoms with Crippen LogP contribution in [0.15, 0.2) is 29.4 Å². The fourth-order valence-corrected chi connectivity index (χ4v) is 5.63.